The standard InChI is InChI=1S/C23H22ClNO4S/c1-3-28-18-11-5-15(6-12-18)13-20(26)25-22-21(23(27)29-4-2)19(14-30-22)16-7-9-17(24)10-8-16/h5-12,14H,3-4,13H2,1-2H3,(H,25,26). The van der Waals surface area contributed by atoms with Gasteiger partial charge in [-0.2, -0.15) is 0 Å². The predicted octanol–water partition coefficient (Wildman–Crippen LogP) is 5.83. The van der Waals surface area contributed by atoms with Crippen LogP contribution in [-0.4, -0.2) is 25.1 Å². The number of hydrogen-bond acceptors (Lipinski definition) is 5. The Bertz CT molecular complexity index is 1010. The van der Waals surface area contributed by atoms with Crippen LogP contribution in [0.5, 0.6) is 5.75 Å². The molecular weight excluding hydrogens is 422 g/mol. The Morgan fingerprint density at radius 1 is 1.00 bits per heavy atom. The third-order valence-electron chi connectivity index (χ3n) is 4.28. The summed E-state index contributed by atoms with van der Waals surface area (Å²) in [4.78, 5) is 25.2. The monoisotopic (exact) mass is 443 g/mol. The molecule has 0 aliphatic rings. The average molecular weight is 444 g/mol. The van der Waals surface area contributed by atoms with E-state index in [0.717, 1.165) is 16.9 Å². The summed E-state index contributed by atoms with van der Waals surface area (Å²) in [7, 11) is 0. The molecule has 0 fully saturated rings. The van der Waals surface area contributed by atoms with Gasteiger partial charge in [0.2, 0.25) is 5.91 Å². The second-order valence-electron chi connectivity index (χ2n) is 6.38. The van der Waals surface area contributed by atoms with Gasteiger partial charge in [-0.25, -0.2) is 4.79 Å². The maximum atomic E-state index is 12.6. The summed E-state index contributed by atoms with van der Waals surface area (Å²) in [5.41, 5.74) is 2.73. The van der Waals surface area contributed by atoms with Crippen LogP contribution >= 0.6 is 22.9 Å². The van der Waals surface area contributed by atoms with E-state index < -0.39 is 5.97 Å². The second kappa shape index (κ2) is 10.3. The average Bonchev–Trinajstić information content (AvgIpc) is 3.14. The Kier molecular flexibility index (Phi) is 7.49. The summed E-state index contributed by atoms with van der Waals surface area (Å²) in [6, 6.07) is 14.5. The molecule has 0 aliphatic heterocycles. The maximum Gasteiger partial charge on any atom is 0.341 e. The fourth-order valence-corrected chi connectivity index (χ4v) is 4.02. The molecule has 0 saturated carbocycles. The van der Waals surface area contributed by atoms with Gasteiger partial charge in [-0.3, -0.25) is 4.79 Å². The molecule has 0 atom stereocenters. The number of thiophene rings is 1. The Morgan fingerprint density at radius 2 is 1.70 bits per heavy atom. The lowest BCUT2D eigenvalue weighted by Gasteiger charge is -2.09. The zero-order chi connectivity index (χ0) is 21.5. The van der Waals surface area contributed by atoms with Crippen LogP contribution in [-0.2, 0) is 16.0 Å². The molecule has 1 heterocycles. The molecule has 0 spiro atoms. The van der Waals surface area contributed by atoms with Gasteiger partial charge in [0.05, 0.1) is 19.6 Å². The fraction of sp³-hybridized carbons (Fsp3) is 0.217. The summed E-state index contributed by atoms with van der Waals surface area (Å²) in [6.07, 6.45) is 0.183. The van der Waals surface area contributed by atoms with Gasteiger partial charge in [0, 0.05) is 16.0 Å². The van der Waals surface area contributed by atoms with Crippen molar-refractivity contribution >= 4 is 39.8 Å². The lowest BCUT2D eigenvalue weighted by molar-refractivity contribution is -0.115. The van der Waals surface area contributed by atoms with Crippen LogP contribution in [0.3, 0.4) is 0 Å². The minimum Gasteiger partial charge on any atom is -0.494 e. The van der Waals surface area contributed by atoms with Gasteiger partial charge < -0.3 is 14.8 Å². The summed E-state index contributed by atoms with van der Waals surface area (Å²) in [5, 5.41) is 5.77. The topological polar surface area (TPSA) is 64.6 Å². The van der Waals surface area contributed by atoms with Gasteiger partial charge in [-0.15, -0.1) is 11.3 Å². The molecule has 2 aromatic carbocycles. The molecule has 7 heteroatoms. The number of carbonyl (C=O) groups is 2. The number of esters is 1. The highest BCUT2D eigenvalue weighted by Crippen LogP contribution is 2.36. The predicted molar refractivity (Wildman–Crippen MR) is 121 cm³/mol. The van der Waals surface area contributed by atoms with Gasteiger partial charge in [-0.05, 0) is 49.2 Å². The van der Waals surface area contributed by atoms with Crippen molar-refractivity contribution in [3.63, 3.8) is 0 Å². The molecule has 5 nitrogen and oxygen atoms in total. The lowest BCUT2D eigenvalue weighted by atomic mass is 10.0. The van der Waals surface area contributed by atoms with Crippen LogP contribution in [0.25, 0.3) is 11.1 Å². The molecule has 0 saturated heterocycles. The van der Waals surface area contributed by atoms with Crippen LogP contribution < -0.4 is 10.1 Å². The van der Waals surface area contributed by atoms with Crippen LogP contribution in [0.15, 0.2) is 53.9 Å². The first-order valence-corrected chi connectivity index (χ1v) is 10.8. The van der Waals surface area contributed by atoms with E-state index in [1.54, 1.807) is 19.1 Å². The van der Waals surface area contributed by atoms with E-state index in [0.29, 0.717) is 27.8 Å². The first-order valence-electron chi connectivity index (χ1n) is 9.58. The van der Waals surface area contributed by atoms with E-state index in [2.05, 4.69) is 5.32 Å². The van der Waals surface area contributed by atoms with Crippen molar-refractivity contribution in [2.24, 2.45) is 0 Å². The molecule has 0 radical (unpaired) electrons. The molecule has 156 valence electrons. The van der Waals surface area contributed by atoms with E-state index in [1.165, 1.54) is 11.3 Å². The lowest BCUT2D eigenvalue weighted by Crippen LogP contribution is -2.16. The van der Waals surface area contributed by atoms with Gasteiger partial charge >= 0.3 is 5.97 Å². The molecule has 0 aliphatic carbocycles. The number of nitrogens with one attached hydrogen (secondary N) is 1. The Labute approximate surface area is 184 Å². The van der Waals surface area contributed by atoms with E-state index in [1.807, 2.05) is 48.7 Å². The molecule has 1 amide bonds. The molecule has 1 aromatic heterocycles. The number of halogens is 1. The van der Waals surface area contributed by atoms with Crippen molar-refractivity contribution in [3.05, 3.63) is 70.1 Å². The third kappa shape index (κ3) is 5.40. The van der Waals surface area contributed by atoms with Crippen molar-refractivity contribution in [1.29, 1.82) is 0 Å². The molecule has 30 heavy (non-hydrogen) atoms. The van der Waals surface area contributed by atoms with Gasteiger partial charge in [-0.1, -0.05) is 35.9 Å². The minimum absolute atomic E-state index is 0.183. The normalized spacial score (nSPS) is 10.5. The quantitative estimate of drug-likeness (QED) is 0.445. The van der Waals surface area contributed by atoms with Gasteiger partial charge in [0.25, 0.3) is 0 Å². The second-order valence-corrected chi connectivity index (χ2v) is 7.70. The number of amides is 1. The Balaban J connectivity index is 1.81. The van der Waals surface area contributed by atoms with Crippen molar-refractivity contribution < 1.29 is 19.1 Å². The Morgan fingerprint density at radius 3 is 2.33 bits per heavy atom. The van der Waals surface area contributed by atoms with E-state index in [4.69, 9.17) is 21.1 Å². The fourth-order valence-electron chi connectivity index (χ4n) is 2.92. The van der Waals surface area contributed by atoms with Crippen LogP contribution in [0.4, 0.5) is 5.00 Å². The van der Waals surface area contributed by atoms with E-state index in [9.17, 15) is 9.59 Å². The number of benzene rings is 2. The SMILES string of the molecule is CCOC(=O)c1c(-c2ccc(Cl)cc2)csc1NC(=O)Cc1ccc(OCC)cc1. The van der Waals surface area contributed by atoms with Gasteiger partial charge in [0.1, 0.15) is 16.3 Å². The molecule has 0 bridgehead atoms. The van der Waals surface area contributed by atoms with Gasteiger partial charge in [0.15, 0.2) is 0 Å². The number of rotatable bonds is 8. The smallest absolute Gasteiger partial charge is 0.341 e. The number of carbonyl (C=O) groups excluding carboxylic acids is 2. The highest BCUT2D eigenvalue weighted by Gasteiger charge is 2.22. The highest BCUT2D eigenvalue weighted by atomic mass is 35.5. The van der Waals surface area contributed by atoms with Crippen molar-refractivity contribution in [3.8, 4) is 16.9 Å². The number of ether oxygens (including phenoxy) is 2. The number of anilines is 1. The van der Waals surface area contributed by atoms with Crippen molar-refractivity contribution in [2.45, 2.75) is 20.3 Å². The summed E-state index contributed by atoms with van der Waals surface area (Å²) in [5.74, 6) is 0.0754. The van der Waals surface area contributed by atoms with Crippen LogP contribution in [0, 0.1) is 0 Å². The van der Waals surface area contributed by atoms with Crippen LogP contribution in [0.1, 0.15) is 29.8 Å². The van der Waals surface area contributed by atoms with E-state index >= 15 is 0 Å². The summed E-state index contributed by atoms with van der Waals surface area (Å²) in [6.45, 7) is 4.50. The molecule has 3 aromatic rings. The van der Waals surface area contributed by atoms with Crippen LogP contribution in [0.2, 0.25) is 5.02 Å². The minimum atomic E-state index is -0.472. The Hall–Kier alpha value is -2.83. The van der Waals surface area contributed by atoms with Crippen molar-refractivity contribution in [2.75, 3.05) is 18.5 Å². The largest absolute Gasteiger partial charge is 0.494 e. The molecular formula is C23H22ClNO4S. The van der Waals surface area contributed by atoms with E-state index in [-0.39, 0.29) is 18.9 Å². The zero-order valence-electron chi connectivity index (χ0n) is 16.7. The third-order valence-corrected chi connectivity index (χ3v) is 5.43. The first-order chi connectivity index (χ1) is 14.5. The van der Waals surface area contributed by atoms with Crippen molar-refractivity contribution in [1.82, 2.24) is 0 Å². The molecule has 1 N–H and O–H groups in total. The number of hydrogen-bond donors (Lipinski definition) is 1. The summed E-state index contributed by atoms with van der Waals surface area (Å²) < 4.78 is 10.6. The molecule has 0 unspecified atom stereocenters. The maximum absolute atomic E-state index is 12.6. The summed E-state index contributed by atoms with van der Waals surface area (Å²) >= 11 is 7.27. The highest BCUT2D eigenvalue weighted by molar-refractivity contribution is 7.15. The zero-order valence-corrected chi connectivity index (χ0v) is 18.3. The first kappa shape index (κ1) is 21.9. The molecule has 3 rings (SSSR count).